The maximum absolute atomic E-state index is 12.1. The van der Waals surface area contributed by atoms with E-state index in [0.717, 1.165) is 0 Å². The van der Waals surface area contributed by atoms with Crippen LogP contribution in [0.15, 0.2) is 35.7 Å². The Kier molecular flexibility index (Phi) is 3.00. The molecule has 2 aromatic rings. The van der Waals surface area contributed by atoms with Crippen molar-refractivity contribution in [2.45, 2.75) is 11.9 Å². The zero-order valence-corrected chi connectivity index (χ0v) is 10.9. The summed E-state index contributed by atoms with van der Waals surface area (Å²) in [6.07, 6.45) is 2.87. The van der Waals surface area contributed by atoms with Gasteiger partial charge in [-0.3, -0.25) is 4.72 Å². The number of anilines is 2. The smallest absolute Gasteiger partial charge is 0.280 e. The minimum absolute atomic E-state index is 0.0215. The van der Waals surface area contributed by atoms with Crippen molar-refractivity contribution >= 4 is 21.4 Å². The number of aryl methyl sites for hydroxylation is 1. The Bertz CT molecular complexity index is 676. The fourth-order valence-corrected chi connectivity index (χ4v) is 2.59. The van der Waals surface area contributed by atoms with Crippen LogP contribution in [0.1, 0.15) is 5.56 Å². The van der Waals surface area contributed by atoms with E-state index in [9.17, 15) is 8.42 Å². The van der Waals surface area contributed by atoms with Gasteiger partial charge in [-0.2, -0.15) is 8.42 Å². The van der Waals surface area contributed by atoms with Crippen LogP contribution in [0.3, 0.4) is 0 Å². The van der Waals surface area contributed by atoms with E-state index in [1.165, 1.54) is 12.5 Å². The highest BCUT2D eigenvalue weighted by atomic mass is 32.2. The molecule has 0 fully saturated rings. The molecule has 96 valence electrons. The van der Waals surface area contributed by atoms with Gasteiger partial charge in [0.25, 0.3) is 10.0 Å². The standard InChI is InChI=1S/C11H14N4O2S/c1-8-9(12)4-3-5-10(8)14-18(16,17)11-6-15(2)7-13-11/h3-7,14H,12H2,1-2H3. The van der Waals surface area contributed by atoms with Gasteiger partial charge >= 0.3 is 0 Å². The third kappa shape index (κ3) is 2.30. The first-order chi connectivity index (χ1) is 8.40. The van der Waals surface area contributed by atoms with Crippen molar-refractivity contribution in [2.75, 3.05) is 10.5 Å². The summed E-state index contributed by atoms with van der Waals surface area (Å²) >= 11 is 0. The minimum atomic E-state index is -3.67. The molecule has 0 aliphatic rings. The van der Waals surface area contributed by atoms with E-state index in [4.69, 9.17) is 5.73 Å². The summed E-state index contributed by atoms with van der Waals surface area (Å²) in [5.74, 6) is 0. The van der Waals surface area contributed by atoms with Crippen molar-refractivity contribution < 1.29 is 8.42 Å². The summed E-state index contributed by atoms with van der Waals surface area (Å²) in [5, 5.41) is -0.0215. The summed E-state index contributed by atoms with van der Waals surface area (Å²) in [7, 11) is -1.96. The van der Waals surface area contributed by atoms with Crippen LogP contribution in [-0.4, -0.2) is 18.0 Å². The lowest BCUT2D eigenvalue weighted by Crippen LogP contribution is -2.14. The molecule has 1 heterocycles. The van der Waals surface area contributed by atoms with Crippen molar-refractivity contribution in [1.29, 1.82) is 0 Å². The predicted octanol–water partition coefficient (Wildman–Crippen LogP) is 1.11. The average molecular weight is 266 g/mol. The number of imidazole rings is 1. The number of rotatable bonds is 3. The highest BCUT2D eigenvalue weighted by Gasteiger charge is 2.18. The van der Waals surface area contributed by atoms with E-state index >= 15 is 0 Å². The van der Waals surface area contributed by atoms with Crippen LogP contribution in [0.5, 0.6) is 0 Å². The van der Waals surface area contributed by atoms with Crippen molar-refractivity contribution in [2.24, 2.45) is 7.05 Å². The van der Waals surface area contributed by atoms with Gasteiger partial charge < -0.3 is 10.3 Å². The van der Waals surface area contributed by atoms with Gasteiger partial charge in [0.15, 0.2) is 5.03 Å². The van der Waals surface area contributed by atoms with E-state index in [2.05, 4.69) is 9.71 Å². The van der Waals surface area contributed by atoms with Crippen LogP contribution in [0.2, 0.25) is 0 Å². The van der Waals surface area contributed by atoms with Gasteiger partial charge in [0.2, 0.25) is 0 Å². The Labute approximate surface area is 106 Å². The van der Waals surface area contributed by atoms with Crippen LogP contribution in [0.25, 0.3) is 0 Å². The lowest BCUT2D eigenvalue weighted by Gasteiger charge is -2.10. The fourth-order valence-electron chi connectivity index (χ4n) is 1.49. The second-order valence-corrected chi connectivity index (χ2v) is 5.63. The molecule has 0 bridgehead atoms. The van der Waals surface area contributed by atoms with Crippen LogP contribution in [0, 0.1) is 6.92 Å². The van der Waals surface area contributed by atoms with Gasteiger partial charge in [0, 0.05) is 18.9 Å². The van der Waals surface area contributed by atoms with Crippen molar-refractivity contribution in [1.82, 2.24) is 9.55 Å². The number of sulfonamides is 1. The predicted molar refractivity (Wildman–Crippen MR) is 69.6 cm³/mol. The summed E-state index contributed by atoms with van der Waals surface area (Å²) in [6, 6.07) is 5.07. The van der Waals surface area contributed by atoms with E-state index in [1.807, 2.05) is 0 Å². The molecule has 2 rings (SSSR count). The first kappa shape index (κ1) is 12.4. The monoisotopic (exact) mass is 266 g/mol. The molecule has 7 heteroatoms. The van der Waals surface area contributed by atoms with E-state index in [0.29, 0.717) is 16.9 Å². The Morgan fingerprint density at radius 3 is 2.72 bits per heavy atom. The minimum Gasteiger partial charge on any atom is -0.398 e. The molecule has 18 heavy (non-hydrogen) atoms. The molecule has 1 aromatic carbocycles. The number of aromatic nitrogens is 2. The van der Waals surface area contributed by atoms with Gasteiger partial charge in [0.1, 0.15) is 0 Å². The summed E-state index contributed by atoms with van der Waals surface area (Å²) in [6.45, 7) is 1.76. The maximum Gasteiger partial charge on any atom is 0.280 e. The average Bonchev–Trinajstić information content (AvgIpc) is 2.72. The molecule has 0 saturated carbocycles. The first-order valence-electron chi connectivity index (χ1n) is 5.26. The number of benzene rings is 1. The fraction of sp³-hybridized carbons (Fsp3) is 0.182. The van der Waals surface area contributed by atoms with Crippen molar-refractivity contribution in [3.05, 3.63) is 36.3 Å². The largest absolute Gasteiger partial charge is 0.398 e. The number of nitrogens with one attached hydrogen (secondary N) is 1. The molecular formula is C11H14N4O2S. The third-order valence-electron chi connectivity index (χ3n) is 2.58. The molecule has 1 aromatic heterocycles. The Morgan fingerprint density at radius 2 is 2.11 bits per heavy atom. The van der Waals surface area contributed by atoms with Crippen LogP contribution in [-0.2, 0) is 17.1 Å². The molecule has 0 saturated heterocycles. The van der Waals surface area contributed by atoms with Gasteiger partial charge in [-0.05, 0) is 24.6 Å². The molecule has 0 radical (unpaired) electrons. The first-order valence-corrected chi connectivity index (χ1v) is 6.74. The third-order valence-corrected chi connectivity index (χ3v) is 3.83. The lowest BCUT2D eigenvalue weighted by atomic mass is 10.2. The van der Waals surface area contributed by atoms with E-state index in [-0.39, 0.29) is 5.03 Å². The second kappa shape index (κ2) is 4.34. The highest BCUT2D eigenvalue weighted by Crippen LogP contribution is 2.23. The normalized spacial score (nSPS) is 11.4. The lowest BCUT2D eigenvalue weighted by molar-refractivity contribution is 0.598. The van der Waals surface area contributed by atoms with Crippen molar-refractivity contribution in [3.8, 4) is 0 Å². The number of hydrogen-bond donors (Lipinski definition) is 2. The van der Waals surface area contributed by atoms with Gasteiger partial charge in [-0.15, -0.1) is 0 Å². The van der Waals surface area contributed by atoms with Crippen LogP contribution in [0.4, 0.5) is 11.4 Å². The van der Waals surface area contributed by atoms with Crippen molar-refractivity contribution in [3.63, 3.8) is 0 Å². The number of nitrogens with two attached hydrogens (primary N) is 1. The molecule has 0 atom stereocenters. The zero-order valence-electron chi connectivity index (χ0n) is 10.1. The van der Waals surface area contributed by atoms with Gasteiger partial charge in [0.05, 0.1) is 12.0 Å². The quantitative estimate of drug-likeness (QED) is 0.814. The molecule has 0 spiro atoms. The van der Waals surface area contributed by atoms with Crippen LogP contribution < -0.4 is 10.5 Å². The summed E-state index contributed by atoms with van der Waals surface area (Å²) in [5.41, 5.74) is 7.42. The Balaban J connectivity index is 2.37. The molecule has 0 unspecified atom stereocenters. The summed E-state index contributed by atoms with van der Waals surface area (Å²) in [4.78, 5) is 3.82. The molecule has 3 N–H and O–H groups in total. The topological polar surface area (TPSA) is 90.0 Å². The van der Waals surface area contributed by atoms with E-state index in [1.54, 1.807) is 36.7 Å². The van der Waals surface area contributed by atoms with E-state index < -0.39 is 10.0 Å². The Hall–Kier alpha value is -2.02. The molecule has 6 nitrogen and oxygen atoms in total. The number of nitrogens with zero attached hydrogens (tertiary/aromatic N) is 2. The molecule has 0 aliphatic heterocycles. The maximum atomic E-state index is 12.1. The van der Waals surface area contributed by atoms with Gasteiger partial charge in [-0.25, -0.2) is 4.98 Å². The number of nitrogen functional groups attached to an aromatic ring is 1. The molecular weight excluding hydrogens is 252 g/mol. The van der Waals surface area contributed by atoms with Crippen LogP contribution >= 0.6 is 0 Å². The summed E-state index contributed by atoms with van der Waals surface area (Å²) < 4.78 is 28.1. The SMILES string of the molecule is Cc1c(N)cccc1NS(=O)(=O)c1cn(C)cn1. The highest BCUT2D eigenvalue weighted by molar-refractivity contribution is 7.92. The molecule has 0 amide bonds. The molecule has 0 aliphatic carbocycles. The second-order valence-electron chi connectivity index (χ2n) is 4.00. The number of hydrogen-bond acceptors (Lipinski definition) is 4. The zero-order chi connectivity index (χ0) is 13.3. The Morgan fingerprint density at radius 1 is 1.39 bits per heavy atom. The van der Waals surface area contributed by atoms with Gasteiger partial charge in [-0.1, -0.05) is 6.07 Å².